The Kier molecular flexibility index (Phi) is 11.0. The van der Waals surface area contributed by atoms with Crippen molar-refractivity contribution in [3.05, 3.63) is 127 Å². The van der Waals surface area contributed by atoms with E-state index >= 15 is 0 Å². The van der Waals surface area contributed by atoms with Crippen LogP contribution in [0.1, 0.15) is 6.42 Å². The van der Waals surface area contributed by atoms with Crippen LogP contribution >= 0.6 is 25.4 Å². The van der Waals surface area contributed by atoms with Crippen molar-refractivity contribution in [1.29, 1.82) is 0 Å². The summed E-state index contributed by atoms with van der Waals surface area (Å²) in [4.78, 5) is 0. The van der Waals surface area contributed by atoms with E-state index in [2.05, 4.69) is 155 Å². The number of hydrogen-bond donors (Lipinski definition) is 0. The zero-order chi connectivity index (χ0) is 21.7. The summed E-state index contributed by atoms with van der Waals surface area (Å²) in [7, 11) is 3.71. The van der Waals surface area contributed by atoms with Gasteiger partial charge >= 0.3 is 27.7 Å². The summed E-state index contributed by atoms with van der Waals surface area (Å²) in [5.74, 6) is 0. The molecule has 0 bridgehead atoms. The average Bonchev–Trinajstić information content (AvgIpc) is 2.87. The topological polar surface area (TPSA) is 0 Å². The first-order valence-electron chi connectivity index (χ1n) is 10.1. The Bertz CT molecular complexity index is 821. The van der Waals surface area contributed by atoms with Gasteiger partial charge in [-0.1, -0.05) is 138 Å². The molecule has 0 amide bonds. The SMILES string of the molecule is [Cl][Pd+].c1ccc(P([CH-]CCP(c2ccccc2)c2ccccc2)c2ccccc2)cc1. The van der Waals surface area contributed by atoms with Gasteiger partial charge in [-0.25, -0.2) is 7.92 Å². The number of hydrogen-bond acceptors (Lipinski definition) is 0. The molecular formula is C27H25ClP2Pd. The maximum Gasteiger partial charge on any atom is -0.0196 e. The van der Waals surface area contributed by atoms with E-state index in [1.165, 1.54) is 27.4 Å². The summed E-state index contributed by atoms with van der Waals surface area (Å²) >= 11 is 2.22. The third-order valence-corrected chi connectivity index (χ3v) is 9.75. The van der Waals surface area contributed by atoms with Gasteiger partial charge in [0.25, 0.3) is 0 Å². The predicted molar refractivity (Wildman–Crippen MR) is 138 cm³/mol. The van der Waals surface area contributed by atoms with Crippen LogP contribution in [0.25, 0.3) is 0 Å². The molecule has 4 rings (SSSR count). The molecule has 4 aromatic rings. The zero-order valence-electron chi connectivity index (χ0n) is 17.1. The van der Waals surface area contributed by atoms with Crippen molar-refractivity contribution < 1.29 is 18.2 Å². The predicted octanol–water partition coefficient (Wildman–Crippen LogP) is 6.49. The van der Waals surface area contributed by atoms with Gasteiger partial charge in [-0.3, -0.25) is 6.16 Å². The van der Waals surface area contributed by atoms with Crippen LogP contribution in [0.15, 0.2) is 121 Å². The van der Waals surface area contributed by atoms with Crippen molar-refractivity contribution >= 4 is 46.6 Å². The molecule has 0 nitrogen and oxygen atoms in total. The van der Waals surface area contributed by atoms with Crippen LogP contribution in [0.2, 0.25) is 0 Å². The Morgan fingerprint density at radius 1 is 0.516 bits per heavy atom. The van der Waals surface area contributed by atoms with Gasteiger partial charge in [-0.05, 0) is 18.5 Å². The van der Waals surface area contributed by atoms with Gasteiger partial charge in [0, 0.05) is 0 Å². The molecule has 0 aliphatic carbocycles. The van der Waals surface area contributed by atoms with E-state index in [0.717, 1.165) is 6.42 Å². The number of rotatable bonds is 8. The Hall–Kier alpha value is -1.31. The minimum Gasteiger partial charge on any atom is -0.293 e. The number of benzene rings is 4. The van der Waals surface area contributed by atoms with Crippen LogP contribution < -0.4 is 21.2 Å². The molecule has 0 aliphatic rings. The Labute approximate surface area is 204 Å². The van der Waals surface area contributed by atoms with Gasteiger partial charge in [0.15, 0.2) is 0 Å². The van der Waals surface area contributed by atoms with Crippen LogP contribution in [0.4, 0.5) is 0 Å². The molecular weight excluding hydrogens is 528 g/mol. The van der Waals surface area contributed by atoms with E-state index in [1.54, 1.807) is 0 Å². The molecule has 0 spiro atoms. The number of halogens is 1. The first-order valence-corrected chi connectivity index (χ1v) is 15.1. The monoisotopic (exact) mass is 552 g/mol. The first kappa shape index (κ1) is 24.3. The van der Waals surface area contributed by atoms with Crippen LogP contribution in [0, 0.1) is 6.16 Å². The molecule has 0 N–H and O–H groups in total. The van der Waals surface area contributed by atoms with Crippen molar-refractivity contribution in [1.82, 2.24) is 0 Å². The minimum atomic E-state index is -0.434. The van der Waals surface area contributed by atoms with Gasteiger partial charge in [-0.2, -0.15) is 6.42 Å². The first-order chi connectivity index (χ1) is 15.4. The summed E-state index contributed by atoms with van der Waals surface area (Å²) in [5.41, 5.74) is 0. The molecule has 0 atom stereocenters. The molecule has 0 aliphatic heterocycles. The molecule has 4 heteroatoms. The largest absolute Gasteiger partial charge is 0.293 e. The van der Waals surface area contributed by atoms with E-state index in [4.69, 9.17) is 0 Å². The molecule has 0 fully saturated rings. The van der Waals surface area contributed by atoms with Gasteiger partial charge in [-0.15, -0.1) is 0 Å². The van der Waals surface area contributed by atoms with Crippen molar-refractivity contribution in [3.63, 3.8) is 0 Å². The van der Waals surface area contributed by atoms with Crippen LogP contribution in [-0.2, 0) is 18.2 Å². The van der Waals surface area contributed by atoms with Gasteiger partial charge in [0.05, 0.1) is 0 Å². The minimum absolute atomic E-state index is 0.340. The molecule has 0 unspecified atom stereocenters. The fourth-order valence-electron chi connectivity index (χ4n) is 3.48. The maximum atomic E-state index is 4.49. The van der Waals surface area contributed by atoms with Crippen molar-refractivity contribution in [3.8, 4) is 0 Å². The van der Waals surface area contributed by atoms with Crippen LogP contribution in [-0.4, -0.2) is 6.16 Å². The third-order valence-electron chi connectivity index (χ3n) is 4.87. The third kappa shape index (κ3) is 7.36. The van der Waals surface area contributed by atoms with E-state index < -0.39 is 7.92 Å². The standard InChI is InChI=1S/C27H25P2.ClH.Pd/c1-5-14-24(15-6-1)28(25-16-7-2-8-17-25)22-13-23-29(26-18-9-3-10-19-26)27-20-11-4-12-21-27;;/h1-12,14-22H,13,23H2;1H;/q-1;;+2/p-1. The smallest absolute Gasteiger partial charge is 0.0196 e. The second-order valence-corrected chi connectivity index (χ2v) is 11.3. The normalized spacial score (nSPS) is 10.6. The Morgan fingerprint density at radius 3 is 1.19 bits per heavy atom. The van der Waals surface area contributed by atoms with Gasteiger partial charge < -0.3 is 0 Å². The quantitative estimate of drug-likeness (QED) is 0.133. The van der Waals surface area contributed by atoms with Gasteiger partial charge in [0.1, 0.15) is 0 Å². The van der Waals surface area contributed by atoms with Crippen molar-refractivity contribution in [2.24, 2.45) is 0 Å². The molecule has 0 heterocycles. The van der Waals surface area contributed by atoms with Crippen molar-refractivity contribution in [2.45, 2.75) is 6.42 Å². The molecule has 0 saturated heterocycles. The average molecular weight is 553 g/mol. The molecule has 4 aromatic carbocycles. The second-order valence-electron chi connectivity index (χ2n) is 6.84. The fourth-order valence-corrected chi connectivity index (χ4v) is 8.04. The Morgan fingerprint density at radius 2 is 0.839 bits per heavy atom. The van der Waals surface area contributed by atoms with Crippen molar-refractivity contribution in [2.75, 3.05) is 6.16 Å². The molecule has 0 aromatic heterocycles. The van der Waals surface area contributed by atoms with E-state index in [-0.39, 0.29) is 7.92 Å². The summed E-state index contributed by atoms with van der Waals surface area (Å²) in [5, 5.41) is 5.78. The van der Waals surface area contributed by atoms with Gasteiger partial charge in [0.2, 0.25) is 0 Å². The van der Waals surface area contributed by atoms with E-state index in [9.17, 15) is 0 Å². The summed E-state index contributed by atoms with van der Waals surface area (Å²) in [6.45, 7) is 0. The molecule has 0 radical (unpaired) electrons. The summed E-state index contributed by atoms with van der Waals surface area (Å²) < 4.78 is 0. The van der Waals surface area contributed by atoms with Crippen LogP contribution in [0.5, 0.6) is 0 Å². The van der Waals surface area contributed by atoms with Crippen LogP contribution in [0.3, 0.4) is 0 Å². The fraction of sp³-hybridized carbons (Fsp3) is 0.0741. The zero-order valence-corrected chi connectivity index (χ0v) is 21.2. The molecule has 160 valence electrons. The molecule has 0 saturated carbocycles. The van der Waals surface area contributed by atoms with E-state index in [0.29, 0.717) is 0 Å². The summed E-state index contributed by atoms with van der Waals surface area (Å²) in [6.07, 6.45) is 4.87. The maximum absolute atomic E-state index is 4.49. The van der Waals surface area contributed by atoms with E-state index in [1.807, 2.05) is 0 Å². The Balaban J connectivity index is 0.00000132. The molecule has 31 heavy (non-hydrogen) atoms. The second kappa shape index (κ2) is 14.0. The summed E-state index contributed by atoms with van der Waals surface area (Å²) in [6, 6.07) is 43.9.